The summed E-state index contributed by atoms with van der Waals surface area (Å²) in [4.78, 5) is 12.3. The second-order valence-corrected chi connectivity index (χ2v) is 19.3. The van der Waals surface area contributed by atoms with Crippen molar-refractivity contribution in [3.63, 3.8) is 0 Å². The summed E-state index contributed by atoms with van der Waals surface area (Å²) >= 11 is 0. The fourth-order valence-electron chi connectivity index (χ4n) is 9.77. The maximum absolute atomic E-state index is 14.2. The van der Waals surface area contributed by atoms with E-state index < -0.39 is 195 Å². The first kappa shape index (κ1) is 63.2. The van der Waals surface area contributed by atoms with Crippen LogP contribution in [0.5, 0.6) is 0 Å². The van der Waals surface area contributed by atoms with Crippen LogP contribution in [-0.4, -0.2) is 18.2 Å². The van der Waals surface area contributed by atoms with Crippen LogP contribution in [0.2, 0.25) is 0 Å². The number of ether oxygens (including phenoxy) is 1. The number of nitrogens with zero attached hydrogens (tertiary/aromatic N) is 1. The molecule has 0 N–H and O–H groups in total. The maximum atomic E-state index is 14.2. The van der Waals surface area contributed by atoms with Crippen molar-refractivity contribution >= 4 is 44.9 Å². The van der Waals surface area contributed by atoms with Gasteiger partial charge in [-0.2, -0.15) is 132 Å². The molecule has 83 heavy (non-hydrogen) atoms. The predicted molar refractivity (Wildman–Crippen MR) is 252 cm³/mol. The van der Waals surface area contributed by atoms with E-state index in [1.165, 1.54) is 35.7 Å². The number of pyridine rings is 1. The quantitative estimate of drug-likeness (QED) is 0.0657. The van der Waals surface area contributed by atoms with Gasteiger partial charge in [0.15, 0.2) is 12.7 Å². The van der Waals surface area contributed by atoms with Gasteiger partial charge in [-0.15, -0.1) is 0 Å². The van der Waals surface area contributed by atoms with Crippen LogP contribution in [0.1, 0.15) is 92.5 Å². The average molecular weight is 1210 g/mol. The Morgan fingerprint density at radius 3 is 1.01 bits per heavy atom. The fraction of sp³-hybridized carbons (Fsp3) is 0.273. The molecule has 0 saturated heterocycles. The van der Waals surface area contributed by atoms with Crippen LogP contribution in [0.25, 0.3) is 10.9 Å². The molecular formula is C55H36BF24NO2. The molecule has 0 bridgehead atoms. The highest BCUT2D eigenvalue weighted by molar-refractivity contribution is 7.20. The van der Waals surface area contributed by atoms with Crippen molar-refractivity contribution in [2.45, 2.75) is 94.2 Å². The minimum absolute atomic E-state index is 0.0992. The number of hydrogen-bond donors (Lipinski definition) is 0. The number of aromatic nitrogens is 1. The molecule has 0 amide bonds. The lowest BCUT2D eigenvalue weighted by molar-refractivity contribution is -0.662. The van der Waals surface area contributed by atoms with E-state index in [-0.39, 0.29) is 12.1 Å². The molecule has 1 fully saturated rings. The Morgan fingerprint density at radius 2 is 0.699 bits per heavy atom. The summed E-state index contributed by atoms with van der Waals surface area (Å²) in [6, 6.07) is 11.5. The van der Waals surface area contributed by atoms with Gasteiger partial charge in [0, 0.05) is 23.1 Å². The minimum Gasteiger partial charge on any atom is -0.459 e. The van der Waals surface area contributed by atoms with E-state index in [4.69, 9.17) is 4.74 Å². The molecule has 0 radical (unpaired) electrons. The summed E-state index contributed by atoms with van der Waals surface area (Å²) < 4.78 is 349. The number of halogens is 24. The third kappa shape index (κ3) is 14.7. The van der Waals surface area contributed by atoms with Gasteiger partial charge >= 0.3 is 55.4 Å². The highest BCUT2D eigenvalue weighted by Gasteiger charge is 2.47. The Balaban J connectivity index is 0.000000313. The Hall–Kier alpha value is -7.42. The molecule has 1 heterocycles. The number of rotatable bonds is 8. The molecule has 1 aliphatic rings. The number of carbonyl (C=O) groups is 1. The van der Waals surface area contributed by atoms with Gasteiger partial charge in [0.25, 0.3) is 0 Å². The van der Waals surface area contributed by atoms with Gasteiger partial charge in [-0.1, -0.05) is 79.2 Å². The zero-order valence-corrected chi connectivity index (χ0v) is 41.5. The van der Waals surface area contributed by atoms with Gasteiger partial charge in [-0.25, -0.2) is 4.79 Å². The number of hydrogen-bond acceptors (Lipinski definition) is 2. The van der Waals surface area contributed by atoms with E-state index in [0.29, 0.717) is 5.56 Å². The molecule has 8 rings (SSSR count). The lowest BCUT2D eigenvalue weighted by Crippen LogP contribution is -2.75. The smallest absolute Gasteiger partial charge is 0.416 e. The topological polar surface area (TPSA) is 30.2 Å². The Bertz CT molecular complexity index is 3030. The number of para-hydroxylation sites is 1. The lowest BCUT2D eigenvalue weighted by Gasteiger charge is -2.46. The molecule has 3 nitrogen and oxygen atoms in total. The molecule has 0 spiro atoms. The number of esters is 1. The molecule has 1 aromatic heterocycles. The third-order valence-electron chi connectivity index (χ3n) is 13.6. The maximum Gasteiger partial charge on any atom is 0.416 e. The van der Waals surface area contributed by atoms with Crippen molar-refractivity contribution in [1.29, 1.82) is 0 Å². The van der Waals surface area contributed by atoms with Crippen molar-refractivity contribution < 1.29 is 119 Å². The van der Waals surface area contributed by atoms with E-state index in [1.807, 2.05) is 24.3 Å². The highest BCUT2D eigenvalue weighted by atomic mass is 19.4. The standard InChI is InChI=1S/C32H12BF24.C23H24NO2/c34-25(35,36)13-1-14(26(37,38)39)6-21(5-13)33(22-7-15(27(40,41)42)2-16(8-22)28(43,44)45,23-9-17(29(46,47)48)3-18(10-23)30(49,50)51)24-11-19(31(52,53)54)4-20(12-24)32(55,56)57;25-23(26-21-9-2-1-3-10-21)20-14-12-18(13-15-20)17-24-16-6-8-19-7-4-5-11-22(19)24/h1-12H;4-8,11-16,21H,1-3,9-10,17H2/q-1;+1. The largest absolute Gasteiger partial charge is 0.459 e. The van der Waals surface area contributed by atoms with Crippen LogP contribution >= 0.6 is 0 Å². The molecule has 1 saturated carbocycles. The summed E-state index contributed by atoms with van der Waals surface area (Å²) in [5.74, 6) is -0.193. The first-order chi connectivity index (χ1) is 38.1. The second kappa shape index (κ2) is 22.6. The monoisotopic (exact) mass is 1210 g/mol. The fourth-order valence-corrected chi connectivity index (χ4v) is 9.77. The molecule has 6 aromatic carbocycles. The number of benzene rings is 6. The Kier molecular flexibility index (Phi) is 17.2. The van der Waals surface area contributed by atoms with E-state index in [9.17, 15) is 110 Å². The average Bonchev–Trinajstić information content (AvgIpc) is 1.37. The summed E-state index contributed by atoms with van der Waals surface area (Å²) in [5.41, 5.74) is -27.2. The summed E-state index contributed by atoms with van der Waals surface area (Å²) in [5, 5.41) is 1.22. The second-order valence-electron chi connectivity index (χ2n) is 19.3. The predicted octanol–water partition coefficient (Wildman–Crippen LogP) is 15.9. The summed E-state index contributed by atoms with van der Waals surface area (Å²) in [6.45, 7) is 0.777. The van der Waals surface area contributed by atoms with Crippen LogP contribution in [0, 0.1) is 0 Å². The lowest BCUT2D eigenvalue weighted by atomic mass is 9.12. The van der Waals surface area contributed by atoms with Gasteiger partial charge in [0.1, 0.15) is 12.2 Å². The SMILES string of the molecule is FC(F)(F)c1cc([B-](c2cc(C(F)(F)F)cc(C(F)(F)F)c2)(c2cc(C(F)(F)F)cc(C(F)(F)F)c2)c2cc(C(F)(F)F)cc(C(F)(F)F)c2)cc(C(F)(F)F)c1.O=C(OC1CCCCC1)c1ccc(C[n+]2cccc3ccccc32)cc1. The highest BCUT2D eigenvalue weighted by Crippen LogP contribution is 2.42. The van der Waals surface area contributed by atoms with Crippen LogP contribution < -0.4 is 26.4 Å². The zero-order valence-electron chi connectivity index (χ0n) is 41.5. The molecule has 0 unspecified atom stereocenters. The normalized spacial score (nSPS) is 14.6. The van der Waals surface area contributed by atoms with Gasteiger partial charge in [-0.05, 0) is 74.2 Å². The van der Waals surface area contributed by atoms with E-state index >= 15 is 0 Å². The molecule has 0 atom stereocenters. The van der Waals surface area contributed by atoms with E-state index in [1.54, 1.807) is 0 Å². The van der Waals surface area contributed by atoms with Crippen molar-refractivity contribution in [3.8, 4) is 0 Å². The van der Waals surface area contributed by atoms with Crippen molar-refractivity contribution in [2.24, 2.45) is 0 Å². The van der Waals surface area contributed by atoms with Crippen molar-refractivity contribution in [2.75, 3.05) is 0 Å². The first-order valence-electron chi connectivity index (χ1n) is 24.1. The number of carbonyl (C=O) groups excluding carboxylic acids is 1. The first-order valence-corrected chi connectivity index (χ1v) is 24.1. The van der Waals surface area contributed by atoms with Crippen LogP contribution in [0.4, 0.5) is 105 Å². The van der Waals surface area contributed by atoms with Crippen LogP contribution in [0.15, 0.2) is 140 Å². The molecule has 0 aliphatic heterocycles. The molecular weight excluding hydrogens is 1170 g/mol. The summed E-state index contributed by atoms with van der Waals surface area (Å²) in [6.07, 6.45) is -47.0. The van der Waals surface area contributed by atoms with Gasteiger partial charge < -0.3 is 4.74 Å². The molecule has 7 aromatic rings. The Labute approximate surface area is 453 Å². The molecule has 28 heteroatoms. The van der Waals surface area contributed by atoms with E-state index in [0.717, 1.165) is 19.4 Å². The van der Waals surface area contributed by atoms with Crippen molar-refractivity contribution in [1.82, 2.24) is 0 Å². The summed E-state index contributed by atoms with van der Waals surface area (Å²) in [7, 11) is 0. The van der Waals surface area contributed by atoms with Crippen molar-refractivity contribution in [3.05, 3.63) is 195 Å². The third-order valence-corrected chi connectivity index (χ3v) is 13.6. The molecule has 1 aliphatic carbocycles. The van der Waals surface area contributed by atoms with Gasteiger partial charge in [0.2, 0.25) is 5.52 Å². The van der Waals surface area contributed by atoms with Crippen LogP contribution in [-0.2, 0) is 60.7 Å². The Morgan fingerprint density at radius 1 is 0.398 bits per heavy atom. The molecule has 444 valence electrons. The van der Waals surface area contributed by atoms with Gasteiger partial charge in [-0.3, -0.25) is 0 Å². The number of alkyl halides is 24. The number of fused-ring (bicyclic) bond motifs is 1. The minimum atomic E-state index is -6.13. The van der Waals surface area contributed by atoms with Gasteiger partial charge in [0.05, 0.1) is 50.1 Å². The van der Waals surface area contributed by atoms with E-state index in [2.05, 4.69) is 47.2 Å². The van der Waals surface area contributed by atoms with Crippen LogP contribution in [0.3, 0.4) is 0 Å². The zero-order chi connectivity index (χ0) is 61.7.